The largest absolute Gasteiger partial charge is 0.494 e. The van der Waals surface area contributed by atoms with Crippen LogP contribution in [0.25, 0.3) is 0 Å². The summed E-state index contributed by atoms with van der Waals surface area (Å²) in [5.74, 6) is 0.656. The van der Waals surface area contributed by atoms with Gasteiger partial charge >= 0.3 is 0 Å². The van der Waals surface area contributed by atoms with E-state index in [4.69, 9.17) is 4.74 Å². The number of H-pyrrole nitrogens is 1. The van der Waals surface area contributed by atoms with E-state index in [2.05, 4.69) is 17.1 Å². The number of hydrogen-bond acceptors (Lipinski definition) is 5. The molecular formula is C21H30N4O4S. The zero-order valence-corrected chi connectivity index (χ0v) is 18.7. The molecular weight excluding hydrogens is 404 g/mol. The fourth-order valence-corrected chi connectivity index (χ4v) is 5.40. The van der Waals surface area contributed by atoms with Gasteiger partial charge in [0.1, 0.15) is 10.6 Å². The van der Waals surface area contributed by atoms with E-state index in [0.717, 1.165) is 18.6 Å². The highest BCUT2D eigenvalue weighted by Gasteiger charge is 2.32. The first kappa shape index (κ1) is 22.3. The summed E-state index contributed by atoms with van der Waals surface area (Å²) < 4.78 is 33.3. The summed E-state index contributed by atoms with van der Waals surface area (Å²) in [4.78, 5) is 14.9. The van der Waals surface area contributed by atoms with E-state index in [1.807, 2.05) is 12.1 Å². The third kappa shape index (κ3) is 4.84. The summed E-state index contributed by atoms with van der Waals surface area (Å²) in [7, 11) is -3.65. The highest BCUT2D eigenvalue weighted by atomic mass is 32.2. The number of benzene rings is 1. The molecule has 164 valence electrons. The van der Waals surface area contributed by atoms with Gasteiger partial charge in [-0.15, -0.1) is 0 Å². The number of nitrogens with zero attached hydrogens (tertiary/aromatic N) is 3. The van der Waals surface area contributed by atoms with Crippen molar-refractivity contribution < 1.29 is 17.9 Å². The average molecular weight is 435 g/mol. The van der Waals surface area contributed by atoms with E-state index in [-0.39, 0.29) is 17.3 Å². The molecule has 0 radical (unpaired) electrons. The van der Waals surface area contributed by atoms with Gasteiger partial charge in [-0.25, -0.2) is 8.42 Å². The molecule has 0 saturated carbocycles. The maximum Gasteiger partial charge on any atom is 0.253 e. The lowest BCUT2D eigenvalue weighted by atomic mass is 10.2. The van der Waals surface area contributed by atoms with Crippen LogP contribution in [0.2, 0.25) is 0 Å². The summed E-state index contributed by atoms with van der Waals surface area (Å²) in [5.41, 5.74) is 1.58. The third-order valence-corrected chi connectivity index (χ3v) is 7.43. The van der Waals surface area contributed by atoms with Crippen molar-refractivity contribution in [1.82, 2.24) is 19.4 Å². The van der Waals surface area contributed by atoms with Gasteiger partial charge in [-0.3, -0.25) is 9.89 Å². The number of nitrogens with one attached hydrogen (secondary N) is 1. The van der Waals surface area contributed by atoms with Crippen molar-refractivity contribution in [2.45, 2.75) is 44.9 Å². The number of amides is 1. The summed E-state index contributed by atoms with van der Waals surface area (Å²) in [5, 5.41) is 6.74. The number of aromatic amines is 1. The molecule has 1 aromatic heterocycles. The predicted molar refractivity (Wildman–Crippen MR) is 114 cm³/mol. The molecule has 9 heteroatoms. The Hall–Kier alpha value is -2.39. The van der Waals surface area contributed by atoms with Gasteiger partial charge in [-0.05, 0) is 51.0 Å². The summed E-state index contributed by atoms with van der Waals surface area (Å²) in [6.07, 6.45) is 2.64. The number of ether oxygens (including phenoxy) is 1. The van der Waals surface area contributed by atoms with E-state index in [9.17, 15) is 13.2 Å². The molecule has 0 bridgehead atoms. The molecule has 1 fully saturated rings. The van der Waals surface area contributed by atoms with E-state index in [1.54, 1.807) is 30.9 Å². The molecule has 1 saturated heterocycles. The molecule has 3 rings (SSSR count). The topological polar surface area (TPSA) is 95.6 Å². The van der Waals surface area contributed by atoms with Crippen LogP contribution in [0.3, 0.4) is 0 Å². The van der Waals surface area contributed by atoms with E-state index < -0.39 is 10.0 Å². The van der Waals surface area contributed by atoms with Crippen LogP contribution in [-0.2, 0) is 10.0 Å². The number of hydrogen-bond donors (Lipinski definition) is 1. The molecule has 0 spiro atoms. The van der Waals surface area contributed by atoms with Gasteiger partial charge in [0.2, 0.25) is 10.0 Å². The van der Waals surface area contributed by atoms with Gasteiger partial charge in [0.05, 0.1) is 18.0 Å². The number of rotatable bonds is 7. The minimum atomic E-state index is -3.65. The Balaban J connectivity index is 1.65. The fraction of sp³-hybridized carbons (Fsp3) is 0.524. The Morgan fingerprint density at radius 2 is 1.87 bits per heavy atom. The minimum absolute atomic E-state index is 0.0926. The molecule has 0 aliphatic carbocycles. The minimum Gasteiger partial charge on any atom is -0.494 e. The second-order valence-corrected chi connectivity index (χ2v) is 9.41. The zero-order chi connectivity index (χ0) is 21.7. The van der Waals surface area contributed by atoms with E-state index in [1.165, 1.54) is 4.31 Å². The summed E-state index contributed by atoms with van der Waals surface area (Å²) in [6.45, 7) is 7.66. The standard InChI is InChI=1S/C21H30N4O4S/c1-4-5-15-29-19-9-7-18(8-10-19)21(26)24-11-6-12-25(14-13-24)30(27,28)20-16(2)22-23-17(20)3/h7-10H,4-6,11-15H2,1-3H3,(H,22,23). The van der Waals surface area contributed by atoms with Gasteiger partial charge in [-0.2, -0.15) is 9.40 Å². The van der Waals surface area contributed by atoms with Crippen LogP contribution < -0.4 is 4.74 Å². The molecule has 0 atom stereocenters. The molecule has 1 aliphatic heterocycles. The summed E-state index contributed by atoms with van der Waals surface area (Å²) >= 11 is 0. The molecule has 1 aromatic carbocycles. The van der Waals surface area contributed by atoms with Gasteiger partial charge < -0.3 is 9.64 Å². The molecule has 0 unspecified atom stereocenters. The maximum absolute atomic E-state index is 13.1. The molecule has 1 amide bonds. The van der Waals surface area contributed by atoms with Crippen molar-refractivity contribution in [3.63, 3.8) is 0 Å². The van der Waals surface area contributed by atoms with Crippen LogP contribution >= 0.6 is 0 Å². The van der Waals surface area contributed by atoms with Gasteiger partial charge in [-0.1, -0.05) is 13.3 Å². The summed E-state index contributed by atoms with van der Waals surface area (Å²) in [6, 6.07) is 7.15. The van der Waals surface area contributed by atoms with Crippen LogP contribution in [0.15, 0.2) is 29.2 Å². The third-order valence-electron chi connectivity index (χ3n) is 5.27. The Morgan fingerprint density at radius 1 is 1.13 bits per heavy atom. The normalized spacial score (nSPS) is 15.8. The van der Waals surface area contributed by atoms with Crippen LogP contribution in [0.1, 0.15) is 47.9 Å². The SMILES string of the molecule is CCCCOc1ccc(C(=O)N2CCCN(S(=O)(=O)c3c(C)n[nH]c3C)CC2)cc1. The number of aromatic nitrogens is 2. The maximum atomic E-state index is 13.1. The monoisotopic (exact) mass is 434 g/mol. The molecule has 1 aliphatic rings. The van der Waals surface area contributed by atoms with Crippen LogP contribution in [0.5, 0.6) is 5.75 Å². The van der Waals surface area contributed by atoms with Gasteiger partial charge in [0, 0.05) is 31.7 Å². The average Bonchev–Trinajstić information content (AvgIpc) is 2.93. The highest BCUT2D eigenvalue weighted by Crippen LogP contribution is 2.23. The Labute approximate surface area is 178 Å². The second kappa shape index (κ2) is 9.61. The first-order valence-electron chi connectivity index (χ1n) is 10.4. The van der Waals surface area contributed by atoms with Crippen LogP contribution in [0, 0.1) is 13.8 Å². The quantitative estimate of drug-likeness (QED) is 0.676. The molecule has 30 heavy (non-hydrogen) atoms. The predicted octanol–water partition coefficient (Wildman–Crippen LogP) is 2.74. The van der Waals surface area contributed by atoms with Crippen molar-refractivity contribution >= 4 is 15.9 Å². The first-order chi connectivity index (χ1) is 14.3. The lowest BCUT2D eigenvalue weighted by Gasteiger charge is -2.22. The van der Waals surface area contributed by atoms with Crippen LogP contribution in [-0.4, -0.2) is 66.5 Å². The highest BCUT2D eigenvalue weighted by molar-refractivity contribution is 7.89. The number of unbranched alkanes of at least 4 members (excludes halogenated alkanes) is 1. The lowest BCUT2D eigenvalue weighted by molar-refractivity contribution is 0.0764. The van der Waals surface area contributed by atoms with Crippen molar-refractivity contribution in [1.29, 1.82) is 0 Å². The van der Waals surface area contributed by atoms with Gasteiger partial charge in [0.15, 0.2) is 0 Å². The Bertz CT molecular complexity index is 950. The van der Waals surface area contributed by atoms with Crippen molar-refractivity contribution in [3.8, 4) is 5.75 Å². The Morgan fingerprint density at radius 3 is 2.50 bits per heavy atom. The Kier molecular flexibility index (Phi) is 7.14. The molecule has 2 aromatic rings. The second-order valence-electron chi connectivity index (χ2n) is 7.54. The number of aryl methyl sites for hydroxylation is 2. The fourth-order valence-electron chi connectivity index (χ4n) is 3.60. The number of carbonyl (C=O) groups excluding carboxylic acids is 1. The van der Waals surface area contributed by atoms with Crippen LogP contribution in [0.4, 0.5) is 0 Å². The lowest BCUT2D eigenvalue weighted by Crippen LogP contribution is -2.37. The van der Waals surface area contributed by atoms with Crippen molar-refractivity contribution in [2.24, 2.45) is 0 Å². The van der Waals surface area contributed by atoms with E-state index >= 15 is 0 Å². The number of carbonyl (C=O) groups is 1. The molecule has 2 heterocycles. The zero-order valence-electron chi connectivity index (χ0n) is 17.8. The van der Waals surface area contributed by atoms with Crippen molar-refractivity contribution in [3.05, 3.63) is 41.2 Å². The van der Waals surface area contributed by atoms with Crippen molar-refractivity contribution in [2.75, 3.05) is 32.8 Å². The first-order valence-corrected chi connectivity index (χ1v) is 11.8. The van der Waals surface area contributed by atoms with Gasteiger partial charge in [0.25, 0.3) is 5.91 Å². The van der Waals surface area contributed by atoms with E-state index in [0.29, 0.717) is 49.6 Å². The molecule has 1 N–H and O–H groups in total. The molecule has 8 nitrogen and oxygen atoms in total. The number of sulfonamides is 1. The smallest absolute Gasteiger partial charge is 0.253 e.